The molecule has 0 radical (unpaired) electrons. The number of hydrogen-bond donors (Lipinski definition) is 5. The molecular formula is C16H12O8. The standard InChI is InChI=1S/C16H12O8/c1-23-9-3-2-6(4-8(9)17)7-5-24-16-10(11(7)18)12(19)13(20)14(21)15(16)22/h2-5,17,19-22H,1H3. The first kappa shape index (κ1) is 15.3. The van der Waals surface area contributed by atoms with Gasteiger partial charge in [0.1, 0.15) is 11.6 Å². The molecule has 8 heteroatoms. The van der Waals surface area contributed by atoms with Gasteiger partial charge in [0.15, 0.2) is 22.8 Å². The topological polar surface area (TPSA) is 141 Å². The van der Waals surface area contributed by atoms with E-state index in [1.165, 1.54) is 25.3 Å². The summed E-state index contributed by atoms with van der Waals surface area (Å²) in [5.41, 5.74) is -1.03. The molecule has 3 rings (SSSR count). The fraction of sp³-hybridized carbons (Fsp3) is 0.0625. The van der Waals surface area contributed by atoms with Crippen molar-refractivity contribution in [3.05, 3.63) is 34.7 Å². The summed E-state index contributed by atoms with van der Waals surface area (Å²) in [6.07, 6.45) is 1.00. The summed E-state index contributed by atoms with van der Waals surface area (Å²) in [6, 6.07) is 4.17. The monoisotopic (exact) mass is 332 g/mol. The predicted octanol–water partition coefficient (Wildman–Crippen LogP) is 2.00. The summed E-state index contributed by atoms with van der Waals surface area (Å²) < 4.78 is 10.0. The van der Waals surface area contributed by atoms with Gasteiger partial charge in [0.2, 0.25) is 22.7 Å². The molecule has 0 aliphatic heterocycles. The van der Waals surface area contributed by atoms with Crippen LogP contribution in [0.25, 0.3) is 22.1 Å². The number of ether oxygens (including phenoxy) is 1. The van der Waals surface area contributed by atoms with E-state index in [2.05, 4.69) is 0 Å². The quantitative estimate of drug-likeness (QED) is 0.354. The lowest BCUT2D eigenvalue weighted by molar-refractivity contribution is 0.346. The first-order valence-electron chi connectivity index (χ1n) is 6.65. The molecule has 0 saturated heterocycles. The lowest BCUT2D eigenvalue weighted by atomic mass is 10.0. The van der Waals surface area contributed by atoms with Crippen LogP contribution in [-0.2, 0) is 0 Å². The summed E-state index contributed by atoms with van der Waals surface area (Å²) >= 11 is 0. The third-order valence-electron chi connectivity index (χ3n) is 3.61. The highest BCUT2D eigenvalue weighted by Crippen LogP contribution is 2.47. The van der Waals surface area contributed by atoms with E-state index in [1.54, 1.807) is 0 Å². The molecule has 0 fully saturated rings. The smallest absolute Gasteiger partial charge is 0.208 e. The van der Waals surface area contributed by atoms with E-state index in [9.17, 15) is 30.3 Å². The van der Waals surface area contributed by atoms with Crippen LogP contribution in [0.4, 0.5) is 0 Å². The Morgan fingerprint density at radius 1 is 0.958 bits per heavy atom. The molecule has 124 valence electrons. The molecule has 0 saturated carbocycles. The van der Waals surface area contributed by atoms with Crippen LogP contribution in [0.15, 0.2) is 33.7 Å². The number of fused-ring (bicyclic) bond motifs is 1. The van der Waals surface area contributed by atoms with Gasteiger partial charge in [-0.15, -0.1) is 0 Å². The number of rotatable bonds is 2. The highest BCUT2D eigenvalue weighted by Gasteiger charge is 2.24. The average molecular weight is 332 g/mol. The van der Waals surface area contributed by atoms with Gasteiger partial charge in [-0.1, -0.05) is 6.07 Å². The Morgan fingerprint density at radius 2 is 1.62 bits per heavy atom. The molecule has 0 aliphatic carbocycles. The van der Waals surface area contributed by atoms with Gasteiger partial charge in [0, 0.05) is 0 Å². The third kappa shape index (κ3) is 2.04. The van der Waals surface area contributed by atoms with Crippen LogP contribution < -0.4 is 10.2 Å². The maximum Gasteiger partial charge on any atom is 0.208 e. The van der Waals surface area contributed by atoms with Crippen LogP contribution in [0.5, 0.6) is 34.5 Å². The van der Waals surface area contributed by atoms with Crippen molar-refractivity contribution in [2.24, 2.45) is 0 Å². The molecule has 0 aliphatic rings. The van der Waals surface area contributed by atoms with Crippen molar-refractivity contribution in [3.63, 3.8) is 0 Å². The second-order valence-electron chi connectivity index (χ2n) is 4.96. The van der Waals surface area contributed by atoms with E-state index in [0.29, 0.717) is 0 Å². The van der Waals surface area contributed by atoms with Crippen LogP contribution >= 0.6 is 0 Å². The van der Waals surface area contributed by atoms with Gasteiger partial charge in [-0.05, 0) is 17.7 Å². The SMILES string of the molecule is COc1ccc(-c2coc3c(O)c(O)c(O)c(O)c3c2=O)cc1O. The van der Waals surface area contributed by atoms with Crippen molar-refractivity contribution in [2.45, 2.75) is 0 Å². The van der Waals surface area contributed by atoms with E-state index in [-0.39, 0.29) is 22.6 Å². The Bertz CT molecular complexity index is 1020. The normalized spacial score (nSPS) is 10.9. The van der Waals surface area contributed by atoms with E-state index in [4.69, 9.17) is 9.15 Å². The summed E-state index contributed by atoms with van der Waals surface area (Å²) in [5, 5.41) is 48.0. The third-order valence-corrected chi connectivity index (χ3v) is 3.61. The molecule has 0 unspecified atom stereocenters. The molecule has 0 amide bonds. The summed E-state index contributed by atoms with van der Waals surface area (Å²) in [5.74, 6) is -3.85. The van der Waals surface area contributed by atoms with E-state index in [1.807, 2.05) is 0 Å². The number of phenolic OH excluding ortho intramolecular Hbond substituents is 5. The largest absolute Gasteiger partial charge is 0.504 e. The van der Waals surface area contributed by atoms with Gasteiger partial charge in [0.05, 0.1) is 12.7 Å². The Labute approximate surface area is 134 Å². The van der Waals surface area contributed by atoms with Crippen LogP contribution in [0.2, 0.25) is 0 Å². The van der Waals surface area contributed by atoms with Gasteiger partial charge >= 0.3 is 0 Å². The lowest BCUT2D eigenvalue weighted by Gasteiger charge is -2.09. The molecule has 1 aromatic heterocycles. The van der Waals surface area contributed by atoms with Crippen LogP contribution in [0, 0.1) is 0 Å². The fourth-order valence-corrected chi connectivity index (χ4v) is 2.36. The summed E-state index contributed by atoms with van der Waals surface area (Å²) in [4.78, 5) is 12.6. The van der Waals surface area contributed by atoms with Gasteiger partial charge < -0.3 is 34.7 Å². The molecule has 8 nitrogen and oxygen atoms in total. The van der Waals surface area contributed by atoms with Crippen LogP contribution in [0.3, 0.4) is 0 Å². The van der Waals surface area contributed by atoms with Crippen molar-refractivity contribution in [2.75, 3.05) is 7.11 Å². The Kier molecular flexibility index (Phi) is 3.37. The lowest BCUT2D eigenvalue weighted by Crippen LogP contribution is -2.05. The number of methoxy groups -OCH3 is 1. The summed E-state index contributed by atoms with van der Waals surface area (Å²) in [6.45, 7) is 0. The maximum atomic E-state index is 12.6. The van der Waals surface area contributed by atoms with Gasteiger partial charge in [0.25, 0.3) is 0 Å². The average Bonchev–Trinajstić information content (AvgIpc) is 2.57. The summed E-state index contributed by atoms with van der Waals surface area (Å²) in [7, 11) is 1.37. The molecule has 0 atom stereocenters. The van der Waals surface area contributed by atoms with E-state index >= 15 is 0 Å². The Balaban J connectivity index is 2.34. The van der Waals surface area contributed by atoms with Crippen molar-refractivity contribution < 1.29 is 34.7 Å². The number of hydrogen-bond acceptors (Lipinski definition) is 8. The Hall–Kier alpha value is -3.55. The molecule has 0 bridgehead atoms. The van der Waals surface area contributed by atoms with Crippen molar-refractivity contribution in [1.29, 1.82) is 0 Å². The minimum Gasteiger partial charge on any atom is -0.504 e. The second-order valence-corrected chi connectivity index (χ2v) is 4.96. The van der Waals surface area contributed by atoms with Crippen LogP contribution in [-0.4, -0.2) is 32.6 Å². The predicted molar refractivity (Wildman–Crippen MR) is 82.8 cm³/mol. The van der Waals surface area contributed by atoms with E-state index < -0.39 is 39.4 Å². The zero-order valence-electron chi connectivity index (χ0n) is 12.3. The van der Waals surface area contributed by atoms with Crippen molar-refractivity contribution in [1.82, 2.24) is 0 Å². The van der Waals surface area contributed by atoms with Gasteiger partial charge in [-0.25, -0.2) is 0 Å². The number of aromatic hydroxyl groups is 5. The van der Waals surface area contributed by atoms with Crippen molar-refractivity contribution >= 4 is 11.0 Å². The molecule has 5 N–H and O–H groups in total. The molecule has 24 heavy (non-hydrogen) atoms. The molecular weight excluding hydrogens is 320 g/mol. The highest BCUT2D eigenvalue weighted by atomic mass is 16.5. The second kappa shape index (κ2) is 5.27. The number of phenols is 5. The maximum absolute atomic E-state index is 12.6. The number of benzene rings is 2. The van der Waals surface area contributed by atoms with Gasteiger partial charge in [-0.2, -0.15) is 0 Å². The molecule has 2 aromatic carbocycles. The van der Waals surface area contributed by atoms with E-state index in [0.717, 1.165) is 6.26 Å². The first-order valence-corrected chi connectivity index (χ1v) is 6.65. The van der Waals surface area contributed by atoms with Gasteiger partial charge in [-0.3, -0.25) is 4.79 Å². The van der Waals surface area contributed by atoms with Crippen LogP contribution in [0.1, 0.15) is 0 Å². The minimum atomic E-state index is -1.04. The fourth-order valence-electron chi connectivity index (χ4n) is 2.36. The zero-order chi connectivity index (χ0) is 17.6. The van der Waals surface area contributed by atoms with Crippen molar-refractivity contribution in [3.8, 4) is 45.6 Å². The first-order chi connectivity index (χ1) is 11.4. The zero-order valence-corrected chi connectivity index (χ0v) is 12.3. The highest BCUT2D eigenvalue weighted by molar-refractivity contribution is 5.95. The molecule has 1 heterocycles. The minimum absolute atomic E-state index is 0.0414. The molecule has 3 aromatic rings. The molecule has 0 spiro atoms. The Morgan fingerprint density at radius 3 is 2.25 bits per heavy atom.